The summed E-state index contributed by atoms with van der Waals surface area (Å²) in [5.41, 5.74) is 0. The first-order valence-corrected chi connectivity index (χ1v) is 8.01. The first-order chi connectivity index (χ1) is 9.13. The highest BCUT2D eigenvalue weighted by atomic mass is 32.2. The van der Waals surface area contributed by atoms with Gasteiger partial charge in [-0.15, -0.1) is 11.8 Å². The molecule has 0 radical (unpaired) electrons. The number of nitrogens with one attached hydrogen (secondary N) is 2. The molecule has 5 nitrogen and oxygen atoms in total. The molecule has 1 heterocycles. The van der Waals surface area contributed by atoms with Gasteiger partial charge in [0.15, 0.2) is 0 Å². The van der Waals surface area contributed by atoms with Crippen LogP contribution in [-0.4, -0.2) is 60.9 Å². The van der Waals surface area contributed by atoms with E-state index in [2.05, 4.69) is 10.6 Å². The van der Waals surface area contributed by atoms with E-state index in [1.807, 2.05) is 6.92 Å². The molecule has 0 aliphatic carbocycles. The first-order valence-electron chi connectivity index (χ1n) is 6.96. The zero-order chi connectivity index (χ0) is 14.1. The van der Waals surface area contributed by atoms with Crippen LogP contribution in [0.15, 0.2) is 0 Å². The van der Waals surface area contributed by atoms with Crippen molar-refractivity contribution >= 4 is 23.6 Å². The predicted molar refractivity (Wildman–Crippen MR) is 79.3 cm³/mol. The summed E-state index contributed by atoms with van der Waals surface area (Å²) in [5.74, 6) is 0.433. The highest BCUT2D eigenvalue weighted by Crippen LogP contribution is 2.20. The second kappa shape index (κ2) is 9.20. The number of hydrogen-bond donors (Lipinski definition) is 2. The van der Waals surface area contributed by atoms with E-state index in [1.165, 1.54) is 4.90 Å². The average molecular weight is 287 g/mol. The normalized spacial score (nSPS) is 16.1. The Morgan fingerprint density at radius 2 is 2.05 bits per heavy atom. The third-order valence-corrected chi connectivity index (χ3v) is 4.46. The highest BCUT2D eigenvalue weighted by Gasteiger charge is 2.17. The van der Waals surface area contributed by atoms with E-state index in [9.17, 15) is 9.59 Å². The molecule has 110 valence electrons. The lowest BCUT2D eigenvalue weighted by molar-refractivity contribution is -0.132. The van der Waals surface area contributed by atoms with Crippen LogP contribution in [0.25, 0.3) is 0 Å². The lowest BCUT2D eigenvalue weighted by Crippen LogP contribution is -2.39. The molecular weight excluding hydrogens is 262 g/mol. The zero-order valence-corrected chi connectivity index (χ0v) is 12.7. The number of hydrogen-bond acceptors (Lipinski definition) is 4. The van der Waals surface area contributed by atoms with Crippen molar-refractivity contribution in [3.8, 4) is 0 Å². The van der Waals surface area contributed by atoms with Gasteiger partial charge in [-0.25, -0.2) is 0 Å². The summed E-state index contributed by atoms with van der Waals surface area (Å²) in [6, 6.07) is 0. The fraction of sp³-hybridized carbons (Fsp3) is 0.846. The standard InChI is InChI=1S/C13H25N3O2S/c1-3-6-15-12(17)9-16(2)13(18)10-19-11-4-7-14-8-5-11/h11,14H,3-10H2,1-2H3,(H,15,17). The second-order valence-corrected chi connectivity index (χ2v) is 6.15. The van der Waals surface area contributed by atoms with E-state index < -0.39 is 0 Å². The van der Waals surface area contributed by atoms with Gasteiger partial charge in [0.2, 0.25) is 11.8 Å². The maximum absolute atomic E-state index is 11.9. The summed E-state index contributed by atoms with van der Waals surface area (Å²) in [7, 11) is 1.69. The van der Waals surface area contributed by atoms with Crippen molar-refractivity contribution in [1.29, 1.82) is 0 Å². The third kappa shape index (κ3) is 6.82. The lowest BCUT2D eigenvalue weighted by atomic mass is 10.2. The van der Waals surface area contributed by atoms with E-state index in [-0.39, 0.29) is 18.4 Å². The monoisotopic (exact) mass is 287 g/mol. The number of rotatable bonds is 7. The van der Waals surface area contributed by atoms with Crippen molar-refractivity contribution < 1.29 is 9.59 Å². The summed E-state index contributed by atoms with van der Waals surface area (Å²) in [5, 5.41) is 6.66. The Hall–Kier alpha value is -0.750. The first kappa shape index (κ1) is 16.3. The number of nitrogens with zero attached hydrogens (tertiary/aromatic N) is 1. The van der Waals surface area contributed by atoms with Gasteiger partial charge in [-0.3, -0.25) is 9.59 Å². The maximum atomic E-state index is 11.9. The van der Waals surface area contributed by atoms with Crippen molar-refractivity contribution in [3.63, 3.8) is 0 Å². The van der Waals surface area contributed by atoms with E-state index in [0.29, 0.717) is 17.5 Å². The van der Waals surface area contributed by atoms with E-state index in [4.69, 9.17) is 0 Å². The molecule has 0 spiro atoms. The van der Waals surface area contributed by atoms with Crippen LogP contribution in [0.1, 0.15) is 26.2 Å². The quantitative estimate of drug-likeness (QED) is 0.714. The Morgan fingerprint density at radius 3 is 2.68 bits per heavy atom. The van der Waals surface area contributed by atoms with Gasteiger partial charge in [0.1, 0.15) is 0 Å². The van der Waals surface area contributed by atoms with Crippen molar-refractivity contribution in [2.75, 3.05) is 39.0 Å². The molecule has 6 heteroatoms. The van der Waals surface area contributed by atoms with Crippen LogP contribution < -0.4 is 10.6 Å². The molecule has 0 aromatic carbocycles. The number of thioether (sulfide) groups is 1. The fourth-order valence-electron chi connectivity index (χ4n) is 1.89. The zero-order valence-electron chi connectivity index (χ0n) is 11.9. The van der Waals surface area contributed by atoms with Crippen LogP contribution >= 0.6 is 11.8 Å². The van der Waals surface area contributed by atoms with Crippen LogP contribution in [0.4, 0.5) is 0 Å². The molecule has 1 saturated heterocycles. The molecule has 19 heavy (non-hydrogen) atoms. The minimum Gasteiger partial charge on any atom is -0.355 e. The molecule has 1 aliphatic rings. The van der Waals surface area contributed by atoms with Crippen LogP contribution in [0, 0.1) is 0 Å². The van der Waals surface area contributed by atoms with Crippen LogP contribution in [0.3, 0.4) is 0 Å². The average Bonchev–Trinajstić information content (AvgIpc) is 2.43. The molecule has 2 N–H and O–H groups in total. The number of likely N-dealkylation sites (N-methyl/N-ethyl adjacent to an activating group) is 1. The van der Waals surface area contributed by atoms with Gasteiger partial charge >= 0.3 is 0 Å². The Balaban J connectivity index is 2.18. The number of carbonyl (C=O) groups is 2. The second-order valence-electron chi connectivity index (χ2n) is 4.86. The summed E-state index contributed by atoms with van der Waals surface area (Å²) >= 11 is 1.72. The van der Waals surface area contributed by atoms with Gasteiger partial charge in [0.25, 0.3) is 0 Å². The number of carbonyl (C=O) groups excluding carboxylic acids is 2. The molecule has 1 aliphatic heterocycles. The molecule has 0 bridgehead atoms. The van der Waals surface area contributed by atoms with Gasteiger partial charge in [-0.2, -0.15) is 0 Å². The van der Waals surface area contributed by atoms with Crippen molar-refractivity contribution in [3.05, 3.63) is 0 Å². The number of piperidine rings is 1. The minimum atomic E-state index is -0.0791. The van der Waals surface area contributed by atoms with Gasteiger partial charge in [-0.1, -0.05) is 6.92 Å². The summed E-state index contributed by atoms with van der Waals surface area (Å²) < 4.78 is 0. The van der Waals surface area contributed by atoms with Gasteiger partial charge < -0.3 is 15.5 Å². The van der Waals surface area contributed by atoms with Gasteiger partial charge in [0.05, 0.1) is 12.3 Å². The number of amides is 2. The summed E-state index contributed by atoms with van der Waals surface area (Å²) in [4.78, 5) is 24.9. The Morgan fingerprint density at radius 1 is 1.37 bits per heavy atom. The van der Waals surface area contributed by atoms with Crippen LogP contribution in [0.2, 0.25) is 0 Å². The Kier molecular flexibility index (Phi) is 7.90. The smallest absolute Gasteiger partial charge is 0.239 e. The van der Waals surface area contributed by atoms with E-state index >= 15 is 0 Å². The van der Waals surface area contributed by atoms with Crippen molar-refractivity contribution in [1.82, 2.24) is 15.5 Å². The SMILES string of the molecule is CCCNC(=O)CN(C)C(=O)CSC1CCNCC1. The molecule has 0 saturated carbocycles. The molecule has 1 rings (SSSR count). The van der Waals surface area contributed by atoms with Gasteiger partial charge in [0, 0.05) is 18.8 Å². The molecule has 0 aromatic heterocycles. The van der Waals surface area contributed by atoms with E-state index in [0.717, 1.165) is 32.4 Å². The maximum Gasteiger partial charge on any atom is 0.239 e. The van der Waals surface area contributed by atoms with Crippen molar-refractivity contribution in [2.45, 2.75) is 31.4 Å². The fourth-order valence-corrected chi connectivity index (χ4v) is 3.05. The summed E-state index contributed by atoms with van der Waals surface area (Å²) in [6.45, 7) is 4.92. The minimum absolute atomic E-state index is 0.0372. The van der Waals surface area contributed by atoms with Crippen LogP contribution in [0.5, 0.6) is 0 Å². The lowest BCUT2D eigenvalue weighted by Gasteiger charge is -2.23. The van der Waals surface area contributed by atoms with Gasteiger partial charge in [-0.05, 0) is 32.4 Å². The molecule has 2 amide bonds. The summed E-state index contributed by atoms with van der Waals surface area (Å²) in [6.07, 6.45) is 3.16. The Bertz CT molecular complexity index is 294. The van der Waals surface area contributed by atoms with Crippen LogP contribution in [-0.2, 0) is 9.59 Å². The molecule has 0 unspecified atom stereocenters. The largest absolute Gasteiger partial charge is 0.355 e. The highest BCUT2D eigenvalue weighted by molar-refractivity contribution is 8.00. The molecule has 1 fully saturated rings. The van der Waals surface area contributed by atoms with Crippen molar-refractivity contribution in [2.24, 2.45) is 0 Å². The third-order valence-electron chi connectivity index (χ3n) is 3.11. The molecule has 0 atom stereocenters. The molecular formula is C13H25N3O2S. The predicted octanol–water partition coefficient (Wildman–Crippen LogP) is 0.456. The Labute approximate surface area is 119 Å². The topological polar surface area (TPSA) is 61.4 Å². The van der Waals surface area contributed by atoms with E-state index in [1.54, 1.807) is 18.8 Å². The molecule has 0 aromatic rings.